The van der Waals surface area contributed by atoms with E-state index in [2.05, 4.69) is 4.74 Å². The molecular formula is C11H13F6O3P. The molecule has 21 heavy (non-hydrogen) atoms. The van der Waals surface area contributed by atoms with Gasteiger partial charge in [0, 0.05) is 0 Å². The molecule has 0 saturated heterocycles. The molecule has 0 unspecified atom stereocenters. The van der Waals surface area contributed by atoms with Crippen molar-refractivity contribution in [3.63, 3.8) is 0 Å². The lowest BCUT2D eigenvalue weighted by Gasteiger charge is -2.30. The van der Waals surface area contributed by atoms with Gasteiger partial charge in [-0.1, -0.05) is 5.92 Å². The van der Waals surface area contributed by atoms with Crippen molar-refractivity contribution in [1.29, 1.82) is 0 Å². The molecule has 3 nitrogen and oxygen atoms in total. The van der Waals surface area contributed by atoms with Gasteiger partial charge >= 0.3 is 17.3 Å². The third kappa shape index (κ3) is 4.16. The maximum atomic E-state index is 13.2. The molecule has 0 rings (SSSR count). The quantitative estimate of drug-likeness (QED) is 0.309. The fraction of sp³-hybridized carbons (Fsp3) is 0.727. The summed E-state index contributed by atoms with van der Waals surface area (Å²) in [5.74, 6) is 0.146. The lowest BCUT2D eigenvalue weighted by atomic mass is 10.1. The summed E-state index contributed by atoms with van der Waals surface area (Å²) in [4.78, 5) is 11.4. The number of carbonyl (C=O) groups excluding carboxylic acids is 1. The molecule has 0 N–H and O–H groups in total. The Morgan fingerprint density at radius 3 is 1.81 bits per heavy atom. The second-order valence-electron chi connectivity index (χ2n) is 4.63. The highest BCUT2D eigenvalue weighted by Crippen LogP contribution is 2.70. The lowest BCUT2D eigenvalue weighted by Crippen LogP contribution is -2.38. The molecule has 0 aliphatic carbocycles. The van der Waals surface area contributed by atoms with Crippen LogP contribution in [0.1, 0.15) is 13.8 Å². The Labute approximate surface area is 117 Å². The topological polar surface area (TPSA) is 43.4 Å². The standard InChI is InChI=1S/C11H13F6O3P/c1-4-9(2,3)20-8(18)5-21(19,10(14,15)6-12)11(16,17)7-13/h1H,5-7H2,2-3H3. The van der Waals surface area contributed by atoms with Gasteiger partial charge in [-0.15, -0.1) is 6.42 Å². The molecule has 0 aromatic rings. The summed E-state index contributed by atoms with van der Waals surface area (Å²) in [5.41, 5.74) is -11.8. The van der Waals surface area contributed by atoms with Crippen molar-refractivity contribution < 1.29 is 40.4 Å². The monoisotopic (exact) mass is 338 g/mol. The summed E-state index contributed by atoms with van der Waals surface area (Å²) in [7, 11) is -6.24. The second kappa shape index (κ2) is 6.30. The van der Waals surface area contributed by atoms with Crippen molar-refractivity contribution in [2.75, 3.05) is 19.5 Å². The van der Waals surface area contributed by atoms with E-state index >= 15 is 0 Å². The Balaban J connectivity index is 5.56. The van der Waals surface area contributed by atoms with E-state index in [-0.39, 0.29) is 0 Å². The summed E-state index contributed by atoms with van der Waals surface area (Å²) in [5, 5.41) is 0. The van der Waals surface area contributed by atoms with Crippen molar-refractivity contribution in [1.82, 2.24) is 0 Å². The van der Waals surface area contributed by atoms with Crippen molar-refractivity contribution in [3.05, 3.63) is 0 Å². The zero-order chi connectivity index (χ0) is 17.1. The first-order valence-electron chi connectivity index (χ1n) is 5.45. The average molecular weight is 338 g/mol. The van der Waals surface area contributed by atoms with Gasteiger partial charge in [0.25, 0.3) is 0 Å². The van der Waals surface area contributed by atoms with E-state index in [0.29, 0.717) is 0 Å². The summed E-state index contributed by atoms with van der Waals surface area (Å²) < 4.78 is 93.5. The number of hydrogen-bond acceptors (Lipinski definition) is 3. The number of carbonyl (C=O) groups is 1. The summed E-state index contributed by atoms with van der Waals surface area (Å²) in [6.07, 6.45) is 2.89. The van der Waals surface area contributed by atoms with Gasteiger partial charge in [-0.05, 0) is 13.8 Å². The highest BCUT2D eigenvalue weighted by atomic mass is 31.2. The molecule has 0 saturated carbocycles. The second-order valence-corrected chi connectivity index (χ2v) is 7.73. The number of esters is 1. The fourth-order valence-electron chi connectivity index (χ4n) is 1.19. The van der Waals surface area contributed by atoms with Crippen LogP contribution in [0.15, 0.2) is 0 Å². The molecule has 0 heterocycles. The first kappa shape index (κ1) is 19.8. The van der Waals surface area contributed by atoms with Gasteiger partial charge in [0.15, 0.2) is 19.0 Å². The number of alkyl halides is 6. The van der Waals surface area contributed by atoms with Crippen molar-refractivity contribution in [2.45, 2.75) is 30.8 Å². The molecule has 10 heteroatoms. The molecule has 0 aromatic carbocycles. The molecular weight excluding hydrogens is 325 g/mol. The minimum atomic E-state index is -6.24. The highest BCUT2D eigenvalue weighted by Gasteiger charge is 2.66. The average Bonchev–Trinajstić information content (AvgIpc) is 2.37. The third-order valence-electron chi connectivity index (χ3n) is 2.45. The molecule has 0 atom stereocenters. The predicted octanol–water partition coefficient (Wildman–Crippen LogP) is 3.43. The van der Waals surface area contributed by atoms with Crippen molar-refractivity contribution in [3.8, 4) is 12.3 Å². The molecule has 0 radical (unpaired) electrons. The van der Waals surface area contributed by atoms with Crippen molar-refractivity contribution >= 4 is 13.1 Å². The normalized spacial score (nSPS) is 13.7. The van der Waals surface area contributed by atoms with Crippen LogP contribution in [0.2, 0.25) is 0 Å². The summed E-state index contributed by atoms with van der Waals surface area (Å²) >= 11 is 0. The molecule has 0 bridgehead atoms. The van der Waals surface area contributed by atoms with Gasteiger partial charge in [-0.25, -0.2) is 8.78 Å². The zero-order valence-corrected chi connectivity index (χ0v) is 12.0. The lowest BCUT2D eigenvalue weighted by molar-refractivity contribution is -0.148. The first-order chi connectivity index (χ1) is 9.28. The van der Waals surface area contributed by atoms with Gasteiger partial charge in [0.2, 0.25) is 7.14 Å². The van der Waals surface area contributed by atoms with E-state index in [1.54, 1.807) is 0 Å². The summed E-state index contributed by atoms with van der Waals surface area (Å²) in [6, 6.07) is 0. The SMILES string of the molecule is C#CC(C)(C)OC(=O)CP(=O)(C(F)(F)CF)C(F)(F)CF. The van der Waals surface area contributed by atoms with Gasteiger partial charge in [-0.2, -0.15) is 17.6 Å². The van der Waals surface area contributed by atoms with Crippen LogP contribution in [0.4, 0.5) is 26.3 Å². The molecule has 0 amide bonds. The molecule has 0 aliphatic rings. The first-order valence-corrected chi connectivity index (χ1v) is 7.34. The van der Waals surface area contributed by atoms with Crippen LogP contribution in [0.25, 0.3) is 0 Å². The predicted molar refractivity (Wildman–Crippen MR) is 63.3 cm³/mol. The van der Waals surface area contributed by atoms with Crippen LogP contribution in [-0.2, 0) is 14.1 Å². The van der Waals surface area contributed by atoms with E-state index in [4.69, 9.17) is 6.42 Å². The number of rotatable bonds is 7. The van der Waals surface area contributed by atoms with Crippen LogP contribution in [0, 0.1) is 12.3 Å². The third-order valence-corrected chi connectivity index (χ3v) is 5.50. The Bertz CT molecular complexity index is 463. The Kier molecular flexibility index (Phi) is 5.96. The number of ether oxygens (including phenoxy) is 1. The zero-order valence-electron chi connectivity index (χ0n) is 11.1. The Morgan fingerprint density at radius 1 is 1.14 bits per heavy atom. The molecule has 0 aliphatic heterocycles. The molecule has 0 fully saturated rings. The number of hydrogen-bond donors (Lipinski definition) is 0. The number of halogens is 6. The van der Waals surface area contributed by atoms with Crippen LogP contribution < -0.4 is 0 Å². The van der Waals surface area contributed by atoms with Crippen LogP contribution >= 0.6 is 7.14 Å². The smallest absolute Gasteiger partial charge is 0.331 e. The minimum absolute atomic E-state index is 1.14. The van der Waals surface area contributed by atoms with E-state index in [1.807, 2.05) is 5.92 Å². The van der Waals surface area contributed by atoms with Gasteiger partial charge in [-0.3, -0.25) is 4.79 Å². The maximum Gasteiger partial charge on any atom is 0.331 e. The number of terminal acetylenes is 1. The van der Waals surface area contributed by atoms with E-state index in [9.17, 15) is 35.7 Å². The van der Waals surface area contributed by atoms with Gasteiger partial charge in [0.05, 0.1) is 0 Å². The summed E-state index contributed by atoms with van der Waals surface area (Å²) in [6.45, 7) is -3.19. The van der Waals surface area contributed by atoms with Gasteiger partial charge in [0.1, 0.15) is 6.16 Å². The fourth-order valence-corrected chi connectivity index (χ4v) is 2.95. The van der Waals surface area contributed by atoms with Crippen LogP contribution in [0.3, 0.4) is 0 Å². The van der Waals surface area contributed by atoms with Crippen LogP contribution in [-0.4, -0.2) is 42.4 Å². The largest absolute Gasteiger partial charge is 0.446 e. The highest BCUT2D eigenvalue weighted by molar-refractivity contribution is 7.67. The molecule has 122 valence electrons. The minimum Gasteiger partial charge on any atom is -0.446 e. The Morgan fingerprint density at radius 2 is 1.52 bits per heavy atom. The van der Waals surface area contributed by atoms with E-state index in [1.165, 1.54) is 0 Å². The molecule has 0 spiro atoms. The molecule has 0 aromatic heterocycles. The Hall–Kier alpha value is -1.16. The van der Waals surface area contributed by atoms with E-state index < -0.39 is 49.6 Å². The van der Waals surface area contributed by atoms with E-state index in [0.717, 1.165) is 13.8 Å². The maximum absolute atomic E-state index is 13.2. The van der Waals surface area contributed by atoms with Gasteiger partial charge < -0.3 is 9.30 Å². The van der Waals surface area contributed by atoms with Crippen molar-refractivity contribution in [2.24, 2.45) is 0 Å². The van der Waals surface area contributed by atoms with Crippen LogP contribution in [0.5, 0.6) is 0 Å².